The third-order valence-corrected chi connectivity index (χ3v) is 5.41. The summed E-state index contributed by atoms with van der Waals surface area (Å²) in [4.78, 5) is 14.3. The van der Waals surface area contributed by atoms with Gasteiger partial charge in [-0.25, -0.2) is 8.42 Å². The molecule has 0 fully saturated rings. The Balaban J connectivity index is 2.08. The smallest absolute Gasteiger partial charge is 0.266 e. The summed E-state index contributed by atoms with van der Waals surface area (Å²) >= 11 is 0. The Morgan fingerprint density at radius 2 is 1.96 bits per heavy atom. The zero-order valence-corrected chi connectivity index (χ0v) is 17.3. The molecular weight excluding hydrogens is 386 g/mol. The predicted molar refractivity (Wildman–Crippen MR) is 102 cm³/mol. The molecule has 0 aliphatic heterocycles. The summed E-state index contributed by atoms with van der Waals surface area (Å²) < 4.78 is 40.5. The summed E-state index contributed by atoms with van der Waals surface area (Å²) in [5.41, 5.74) is 2.57. The molecule has 1 aromatic carbocycles. The molecule has 0 radical (unpaired) electrons. The Hall–Kier alpha value is -2.59. The summed E-state index contributed by atoms with van der Waals surface area (Å²) in [6, 6.07) is 4.61. The van der Waals surface area contributed by atoms with Gasteiger partial charge in [-0.3, -0.25) is 10.2 Å². The highest BCUT2D eigenvalue weighted by molar-refractivity contribution is 7.89. The molecule has 0 saturated carbocycles. The van der Waals surface area contributed by atoms with Crippen LogP contribution in [0, 0.1) is 19.8 Å². The lowest BCUT2D eigenvalue weighted by atomic mass is 10.1. The fourth-order valence-corrected chi connectivity index (χ4v) is 3.60. The number of hydrogen-bond acceptors (Lipinski definition) is 7. The van der Waals surface area contributed by atoms with Gasteiger partial charge in [0.1, 0.15) is 10.6 Å². The van der Waals surface area contributed by atoms with Gasteiger partial charge in [0.05, 0.1) is 13.7 Å². The first-order chi connectivity index (χ1) is 13.2. The van der Waals surface area contributed by atoms with Crippen molar-refractivity contribution in [3.05, 3.63) is 35.2 Å². The zero-order chi connectivity index (χ0) is 20.9. The van der Waals surface area contributed by atoms with Crippen LogP contribution >= 0.6 is 0 Å². The lowest BCUT2D eigenvalue weighted by Gasteiger charge is -2.13. The van der Waals surface area contributed by atoms with Crippen molar-refractivity contribution in [3.8, 4) is 11.5 Å². The van der Waals surface area contributed by atoms with Crippen molar-refractivity contribution >= 4 is 15.9 Å². The molecule has 9 nitrogen and oxygen atoms in total. The number of carbonyl (C=O) groups is 1. The second kappa shape index (κ2) is 9.07. The molecule has 0 atom stereocenters. The van der Waals surface area contributed by atoms with E-state index >= 15 is 0 Å². The molecule has 1 amide bonds. The van der Waals surface area contributed by atoms with E-state index in [-0.39, 0.29) is 21.9 Å². The SMILES string of the molecule is COc1cc(C(=O)NNS(=O)(=O)c2c(C)noc2C)ccc1OCCC(C)C. The van der Waals surface area contributed by atoms with Gasteiger partial charge in [0.15, 0.2) is 17.3 Å². The highest BCUT2D eigenvalue weighted by atomic mass is 32.2. The molecule has 0 aliphatic rings. The van der Waals surface area contributed by atoms with Gasteiger partial charge >= 0.3 is 0 Å². The van der Waals surface area contributed by atoms with E-state index in [1.165, 1.54) is 33.1 Å². The normalized spacial score (nSPS) is 11.5. The van der Waals surface area contributed by atoms with E-state index in [0.717, 1.165) is 6.42 Å². The summed E-state index contributed by atoms with van der Waals surface area (Å²) in [5, 5.41) is 3.60. The Morgan fingerprint density at radius 3 is 2.54 bits per heavy atom. The van der Waals surface area contributed by atoms with Crippen molar-refractivity contribution in [2.45, 2.75) is 39.0 Å². The largest absolute Gasteiger partial charge is 0.493 e. The maximum absolute atomic E-state index is 12.4. The van der Waals surface area contributed by atoms with Crippen LogP contribution in [0.2, 0.25) is 0 Å². The van der Waals surface area contributed by atoms with E-state index in [2.05, 4.69) is 24.4 Å². The quantitative estimate of drug-likeness (QED) is 0.608. The van der Waals surface area contributed by atoms with E-state index in [4.69, 9.17) is 14.0 Å². The number of rotatable bonds is 9. The van der Waals surface area contributed by atoms with E-state index in [1.807, 2.05) is 4.83 Å². The van der Waals surface area contributed by atoms with E-state index < -0.39 is 15.9 Å². The third-order valence-electron chi connectivity index (χ3n) is 3.91. The maximum Gasteiger partial charge on any atom is 0.266 e. The Labute approximate surface area is 164 Å². The molecule has 2 N–H and O–H groups in total. The number of hydrogen-bond donors (Lipinski definition) is 2. The van der Waals surface area contributed by atoms with Crippen molar-refractivity contribution in [2.24, 2.45) is 5.92 Å². The van der Waals surface area contributed by atoms with Crippen LogP contribution in [0.3, 0.4) is 0 Å². The molecule has 1 aromatic heterocycles. The minimum atomic E-state index is -4.02. The minimum absolute atomic E-state index is 0.112. The highest BCUT2D eigenvalue weighted by Crippen LogP contribution is 2.28. The standard InChI is InChI=1S/C18H25N3O6S/c1-11(2)8-9-26-15-7-6-14(10-16(15)25-5)18(22)19-21-28(23,24)17-12(3)20-27-13(17)4/h6-7,10-11,21H,8-9H2,1-5H3,(H,19,22). The van der Waals surface area contributed by atoms with Crippen LogP contribution in [0.15, 0.2) is 27.6 Å². The summed E-state index contributed by atoms with van der Waals surface area (Å²) in [7, 11) is -2.55. The first kappa shape index (κ1) is 21.7. The fraction of sp³-hybridized carbons (Fsp3) is 0.444. The molecule has 0 bridgehead atoms. The number of methoxy groups -OCH3 is 1. The molecule has 0 unspecified atom stereocenters. The van der Waals surface area contributed by atoms with Crippen LogP contribution in [0.4, 0.5) is 0 Å². The van der Waals surface area contributed by atoms with Crippen LogP contribution in [0.5, 0.6) is 11.5 Å². The van der Waals surface area contributed by atoms with Crippen LogP contribution in [0.1, 0.15) is 42.1 Å². The number of sulfonamides is 1. The number of aromatic nitrogens is 1. The molecule has 2 rings (SSSR count). The number of nitrogens with zero attached hydrogens (tertiary/aromatic N) is 1. The van der Waals surface area contributed by atoms with E-state index in [9.17, 15) is 13.2 Å². The number of carbonyl (C=O) groups excluding carboxylic acids is 1. The maximum atomic E-state index is 12.4. The Morgan fingerprint density at radius 1 is 1.25 bits per heavy atom. The zero-order valence-electron chi connectivity index (χ0n) is 16.5. The predicted octanol–water partition coefficient (Wildman–Crippen LogP) is 2.35. The van der Waals surface area contributed by atoms with Crippen LogP contribution in [-0.2, 0) is 10.0 Å². The summed E-state index contributed by atoms with van der Waals surface area (Å²) in [5.74, 6) is 0.869. The number of amides is 1. The van der Waals surface area contributed by atoms with Gasteiger partial charge in [-0.2, -0.15) is 0 Å². The number of hydrazine groups is 1. The molecule has 154 valence electrons. The lowest BCUT2D eigenvalue weighted by molar-refractivity contribution is 0.0944. The molecular formula is C18H25N3O6S. The molecule has 1 heterocycles. The minimum Gasteiger partial charge on any atom is -0.493 e. The monoisotopic (exact) mass is 411 g/mol. The van der Waals surface area contributed by atoms with Crippen LogP contribution in [-0.4, -0.2) is 33.2 Å². The van der Waals surface area contributed by atoms with Crippen molar-refractivity contribution in [2.75, 3.05) is 13.7 Å². The lowest BCUT2D eigenvalue weighted by Crippen LogP contribution is -2.41. The van der Waals surface area contributed by atoms with Gasteiger partial charge in [0.2, 0.25) is 0 Å². The molecule has 0 spiro atoms. The van der Waals surface area contributed by atoms with Crippen molar-refractivity contribution in [3.63, 3.8) is 0 Å². The molecule has 2 aromatic rings. The molecule has 10 heteroatoms. The van der Waals surface area contributed by atoms with Gasteiger partial charge in [-0.15, -0.1) is 4.83 Å². The number of ether oxygens (including phenoxy) is 2. The van der Waals surface area contributed by atoms with Crippen LogP contribution in [0.25, 0.3) is 0 Å². The first-order valence-corrected chi connectivity index (χ1v) is 10.2. The average Bonchev–Trinajstić information content (AvgIpc) is 2.98. The van der Waals surface area contributed by atoms with Gasteiger partial charge in [0.25, 0.3) is 15.9 Å². The first-order valence-electron chi connectivity index (χ1n) is 8.71. The van der Waals surface area contributed by atoms with Gasteiger partial charge in [0, 0.05) is 5.56 Å². The van der Waals surface area contributed by atoms with E-state index in [0.29, 0.717) is 24.0 Å². The van der Waals surface area contributed by atoms with E-state index in [1.54, 1.807) is 6.07 Å². The fourth-order valence-electron chi connectivity index (χ4n) is 2.43. The third kappa shape index (κ3) is 5.23. The van der Waals surface area contributed by atoms with Crippen molar-refractivity contribution in [1.82, 2.24) is 15.4 Å². The average molecular weight is 411 g/mol. The molecule has 0 saturated heterocycles. The Kier molecular flexibility index (Phi) is 7.03. The van der Waals surface area contributed by atoms with Gasteiger partial charge < -0.3 is 14.0 Å². The van der Waals surface area contributed by atoms with Gasteiger partial charge in [-0.05, 0) is 44.4 Å². The molecule has 0 aliphatic carbocycles. The van der Waals surface area contributed by atoms with Crippen molar-refractivity contribution in [1.29, 1.82) is 0 Å². The number of benzene rings is 1. The Bertz CT molecular complexity index is 917. The van der Waals surface area contributed by atoms with Crippen molar-refractivity contribution < 1.29 is 27.2 Å². The highest BCUT2D eigenvalue weighted by Gasteiger charge is 2.25. The molecule has 28 heavy (non-hydrogen) atoms. The van der Waals surface area contributed by atoms with Crippen LogP contribution < -0.4 is 19.7 Å². The summed E-state index contributed by atoms with van der Waals surface area (Å²) in [6.45, 7) is 7.68. The second-order valence-electron chi connectivity index (χ2n) is 6.61. The summed E-state index contributed by atoms with van der Waals surface area (Å²) in [6.07, 6.45) is 0.884. The topological polar surface area (TPSA) is 120 Å². The number of aryl methyl sites for hydroxylation is 2. The van der Waals surface area contributed by atoms with Gasteiger partial charge in [-0.1, -0.05) is 19.0 Å². The second-order valence-corrected chi connectivity index (χ2v) is 8.23. The number of nitrogens with one attached hydrogen (secondary N) is 2.